The fraction of sp³-hybridized carbons (Fsp3) is 0.333. The van der Waals surface area contributed by atoms with Crippen LogP contribution in [0, 0.1) is 11.3 Å². The molecule has 0 bridgehead atoms. The zero-order chi connectivity index (χ0) is 10.4. The maximum absolute atomic E-state index is 11.4. The Hall–Kier alpha value is -1.96. The monoisotopic (exact) mass is 190 g/mol. The van der Waals surface area contributed by atoms with E-state index in [0.29, 0.717) is 12.0 Å². The van der Waals surface area contributed by atoms with Gasteiger partial charge in [0.25, 0.3) is 5.91 Å². The van der Waals surface area contributed by atoms with E-state index in [2.05, 4.69) is 15.5 Å². The van der Waals surface area contributed by atoms with Gasteiger partial charge in [-0.05, 0) is 12.5 Å². The molecule has 0 aliphatic rings. The predicted molar refractivity (Wildman–Crippen MR) is 49.2 cm³/mol. The molecule has 0 spiro atoms. The number of hydrogen-bond acceptors (Lipinski definition) is 4. The fourth-order valence-electron chi connectivity index (χ4n) is 0.892. The van der Waals surface area contributed by atoms with Gasteiger partial charge in [0.1, 0.15) is 6.04 Å². The first-order valence-electron chi connectivity index (χ1n) is 4.25. The highest BCUT2D eigenvalue weighted by Gasteiger charge is 2.10. The smallest absolute Gasteiger partial charge is 0.254 e. The van der Waals surface area contributed by atoms with E-state index in [9.17, 15) is 4.79 Å². The molecule has 0 aliphatic heterocycles. The molecule has 1 unspecified atom stereocenters. The van der Waals surface area contributed by atoms with Crippen LogP contribution in [0.25, 0.3) is 0 Å². The van der Waals surface area contributed by atoms with E-state index < -0.39 is 6.04 Å². The van der Waals surface area contributed by atoms with E-state index in [-0.39, 0.29) is 5.91 Å². The molecular formula is C9H10N4O. The van der Waals surface area contributed by atoms with Crippen molar-refractivity contribution in [2.45, 2.75) is 19.4 Å². The van der Waals surface area contributed by atoms with Crippen molar-refractivity contribution in [3.63, 3.8) is 0 Å². The van der Waals surface area contributed by atoms with E-state index in [1.807, 2.05) is 13.0 Å². The summed E-state index contributed by atoms with van der Waals surface area (Å²) in [6.07, 6.45) is 3.38. The topological polar surface area (TPSA) is 78.7 Å². The molecular weight excluding hydrogens is 180 g/mol. The van der Waals surface area contributed by atoms with Crippen LogP contribution in [-0.4, -0.2) is 22.1 Å². The second-order valence-corrected chi connectivity index (χ2v) is 2.69. The van der Waals surface area contributed by atoms with Gasteiger partial charge in [0.15, 0.2) is 0 Å². The van der Waals surface area contributed by atoms with E-state index in [1.54, 1.807) is 6.07 Å². The summed E-state index contributed by atoms with van der Waals surface area (Å²) >= 11 is 0. The van der Waals surface area contributed by atoms with Gasteiger partial charge in [0, 0.05) is 0 Å². The lowest BCUT2D eigenvalue weighted by Gasteiger charge is -2.07. The van der Waals surface area contributed by atoms with Crippen molar-refractivity contribution in [2.24, 2.45) is 0 Å². The van der Waals surface area contributed by atoms with Crippen LogP contribution in [0.15, 0.2) is 18.5 Å². The fourth-order valence-corrected chi connectivity index (χ4v) is 0.892. The van der Waals surface area contributed by atoms with Crippen molar-refractivity contribution in [2.75, 3.05) is 0 Å². The Morgan fingerprint density at radius 1 is 1.71 bits per heavy atom. The zero-order valence-electron chi connectivity index (χ0n) is 7.77. The number of hydrogen-bond donors (Lipinski definition) is 1. The standard InChI is InChI=1S/C9H10N4O/c1-2-8(5-10)13-9(14)7-3-4-11-12-6-7/h3-4,6,8H,2H2,1H3,(H,13,14). The molecule has 0 fully saturated rings. The number of carbonyl (C=O) groups excluding carboxylic acids is 1. The Morgan fingerprint density at radius 3 is 3.00 bits per heavy atom. The molecule has 1 aromatic heterocycles. The minimum atomic E-state index is -0.448. The summed E-state index contributed by atoms with van der Waals surface area (Å²) in [6, 6.07) is 3.08. The lowest BCUT2D eigenvalue weighted by Crippen LogP contribution is -2.33. The summed E-state index contributed by atoms with van der Waals surface area (Å²) < 4.78 is 0. The van der Waals surface area contributed by atoms with E-state index in [4.69, 9.17) is 5.26 Å². The molecule has 14 heavy (non-hydrogen) atoms. The Bertz CT molecular complexity index is 344. The quantitative estimate of drug-likeness (QED) is 0.753. The second kappa shape index (κ2) is 4.92. The van der Waals surface area contributed by atoms with Crippen molar-refractivity contribution in [3.05, 3.63) is 24.0 Å². The highest BCUT2D eigenvalue weighted by atomic mass is 16.1. The molecule has 1 N–H and O–H groups in total. The first-order chi connectivity index (χ1) is 6.77. The van der Waals surface area contributed by atoms with Gasteiger partial charge in [-0.3, -0.25) is 4.79 Å². The third kappa shape index (κ3) is 2.52. The van der Waals surface area contributed by atoms with Crippen molar-refractivity contribution in [3.8, 4) is 6.07 Å². The summed E-state index contributed by atoms with van der Waals surface area (Å²) in [5, 5.41) is 18.3. The Morgan fingerprint density at radius 2 is 2.50 bits per heavy atom. The number of nitrogens with one attached hydrogen (secondary N) is 1. The number of nitrogens with zero attached hydrogens (tertiary/aromatic N) is 3. The molecule has 5 heteroatoms. The molecule has 0 aliphatic carbocycles. The van der Waals surface area contributed by atoms with E-state index in [0.717, 1.165) is 0 Å². The molecule has 0 saturated heterocycles. The molecule has 0 aromatic carbocycles. The SMILES string of the molecule is CCC(C#N)NC(=O)c1ccnnc1. The van der Waals surface area contributed by atoms with Gasteiger partial charge in [-0.15, -0.1) is 0 Å². The molecule has 1 rings (SSSR count). The van der Waals surface area contributed by atoms with Gasteiger partial charge in [0.2, 0.25) is 0 Å². The first-order valence-corrected chi connectivity index (χ1v) is 4.25. The highest BCUT2D eigenvalue weighted by Crippen LogP contribution is 1.96. The summed E-state index contributed by atoms with van der Waals surface area (Å²) in [4.78, 5) is 11.4. The number of amides is 1. The minimum Gasteiger partial charge on any atom is -0.336 e. The summed E-state index contributed by atoms with van der Waals surface area (Å²) in [5.74, 6) is -0.298. The van der Waals surface area contributed by atoms with Gasteiger partial charge in [-0.1, -0.05) is 6.92 Å². The van der Waals surface area contributed by atoms with Gasteiger partial charge < -0.3 is 5.32 Å². The summed E-state index contributed by atoms with van der Waals surface area (Å²) in [7, 11) is 0. The lowest BCUT2D eigenvalue weighted by molar-refractivity contribution is 0.0944. The Labute approximate surface area is 81.8 Å². The van der Waals surface area contributed by atoms with Crippen LogP contribution in [-0.2, 0) is 0 Å². The first kappa shape index (κ1) is 10.1. The second-order valence-electron chi connectivity index (χ2n) is 2.69. The zero-order valence-corrected chi connectivity index (χ0v) is 7.77. The number of carbonyl (C=O) groups is 1. The van der Waals surface area contributed by atoms with Gasteiger partial charge in [-0.25, -0.2) is 0 Å². The van der Waals surface area contributed by atoms with Crippen LogP contribution >= 0.6 is 0 Å². The number of aromatic nitrogens is 2. The van der Waals surface area contributed by atoms with Crippen molar-refractivity contribution in [1.82, 2.24) is 15.5 Å². The van der Waals surface area contributed by atoms with Crippen molar-refractivity contribution in [1.29, 1.82) is 5.26 Å². The maximum atomic E-state index is 11.4. The molecule has 72 valence electrons. The number of rotatable bonds is 3. The molecule has 1 atom stereocenters. The average molecular weight is 190 g/mol. The van der Waals surface area contributed by atoms with Crippen LogP contribution in [0.4, 0.5) is 0 Å². The normalized spacial score (nSPS) is 11.4. The Kier molecular flexibility index (Phi) is 3.56. The van der Waals surface area contributed by atoms with Crippen LogP contribution in [0.5, 0.6) is 0 Å². The van der Waals surface area contributed by atoms with Crippen molar-refractivity contribution >= 4 is 5.91 Å². The Balaban J connectivity index is 2.64. The van der Waals surface area contributed by atoms with Crippen LogP contribution < -0.4 is 5.32 Å². The van der Waals surface area contributed by atoms with E-state index >= 15 is 0 Å². The van der Waals surface area contributed by atoms with Crippen LogP contribution in [0.3, 0.4) is 0 Å². The van der Waals surface area contributed by atoms with E-state index in [1.165, 1.54) is 12.4 Å². The third-order valence-corrected chi connectivity index (χ3v) is 1.72. The molecule has 5 nitrogen and oxygen atoms in total. The largest absolute Gasteiger partial charge is 0.336 e. The highest BCUT2D eigenvalue weighted by molar-refractivity contribution is 5.94. The predicted octanol–water partition coefficient (Wildman–Crippen LogP) is 0.509. The molecule has 1 amide bonds. The lowest BCUT2D eigenvalue weighted by atomic mass is 10.2. The maximum Gasteiger partial charge on any atom is 0.254 e. The molecule has 1 aromatic rings. The van der Waals surface area contributed by atoms with Gasteiger partial charge in [-0.2, -0.15) is 15.5 Å². The third-order valence-electron chi connectivity index (χ3n) is 1.72. The van der Waals surface area contributed by atoms with Crippen LogP contribution in [0.2, 0.25) is 0 Å². The van der Waals surface area contributed by atoms with Gasteiger partial charge >= 0.3 is 0 Å². The number of nitriles is 1. The summed E-state index contributed by atoms with van der Waals surface area (Å²) in [5.41, 5.74) is 0.411. The average Bonchev–Trinajstić information content (AvgIpc) is 2.26. The summed E-state index contributed by atoms with van der Waals surface area (Å²) in [6.45, 7) is 1.83. The minimum absolute atomic E-state index is 0.298. The van der Waals surface area contributed by atoms with Gasteiger partial charge in [0.05, 0.1) is 24.0 Å². The van der Waals surface area contributed by atoms with Crippen molar-refractivity contribution < 1.29 is 4.79 Å². The van der Waals surface area contributed by atoms with Crippen LogP contribution in [0.1, 0.15) is 23.7 Å². The molecule has 0 radical (unpaired) electrons. The molecule has 0 saturated carbocycles. The molecule has 1 heterocycles.